The second-order valence-electron chi connectivity index (χ2n) is 7.28. The summed E-state index contributed by atoms with van der Waals surface area (Å²) in [4.78, 5) is 18.5. The molecular weight excluding hydrogens is 411 g/mol. The van der Waals surface area contributed by atoms with E-state index in [1.54, 1.807) is 17.0 Å². The molecule has 0 aliphatic carbocycles. The lowest BCUT2D eigenvalue weighted by molar-refractivity contribution is -0.117. The average Bonchev–Trinajstić information content (AvgIpc) is 3.13. The number of thioether (sulfide) groups is 1. The largest absolute Gasteiger partial charge is 0.315 e. The van der Waals surface area contributed by atoms with Gasteiger partial charge in [-0.3, -0.25) is 4.79 Å². The first-order valence-corrected chi connectivity index (χ1v) is 12.2. The highest BCUT2D eigenvalue weighted by Crippen LogP contribution is 2.41. The zero-order chi connectivity index (χ0) is 20.4. The highest BCUT2D eigenvalue weighted by atomic mass is 32.2. The van der Waals surface area contributed by atoms with Crippen LogP contribution < -0.4 is 4.90 Å². The number of hydrogen-bond donors (Lipinski definition) is 0. The number of carbonyl (C=O) groups is 1. The molecule has 0 spiro atoms. The quantitative estimate of drug-likeness (QED) is 0.724. The van der Waals surface area contributed by atoms with Gasteiger partial charge >= 0.3 is 0 Å². The lowest BCUT2D eigenvalue weighted by atomic mass is 10.1. The van der Waals surface area contributed by atoms with Crippen molar-refractivity contribution in [3.05, 3.63) is 66.0 Å². The third-order valence-corrected chi connectivity index (χ3v) is 8.28. The molecule has 0 aromatic heterocycles. The van der Waals surface area contributed by atoms with Gasteiger partial charge in [0, 0.05) is 17.4 Å². The SMILES string of the molecule is O=C(CCCc1ccccc1)N=C1S[C@@H]2CS(=O)(=O)C[C@H]2N1c1cccc(F)c1. The molecule has 2 aromatic rings. The number of halogens is 1. The van der Waals surface area contributed by atoms with Crippen molar-refractivity contribution in [2.75, 3.05) is 16.4 Å². The minimum atomic E-state index is -3.15. The van der Waals surface area contributed by atoms with Gasteiger partial charge in [0.25, 0.3) is 0 Å². The van der Waals surface area contributed by atoms with Gasteiger partial charge in [-0.15, -0.1) is 0 Å². The third-order valence-electron chi connectivity index (χ3n) is 5.07. The molecule has 152 valence electrons. The Bertz CT molecular complexity index is 1040. The van der Waals surface area contributed by atoms with Crippen molar-refractivity contribution >= 4 is 38.4 Å². The first-order chi connectivity index (χ1) is 13.9. The minimum absolute atomic E-state index is 0.0115. The summed E-state index contributed by atoms with van der Waals surface area (Å²) in [6.07, 6.45) is 1.79. The summed E-state index contributed by atoms with van der Waals surface area (Å²) in [5.74, 6) is -0.615. The number of nitrogens with zero attached hydrogens (tertiary/aromatic N) is 2. The topological polar surface area (TPSA) is 66.8 Å². The van der Waals surface area contributed by atoms with Crippen molar-refractivity contribution < 1.29 is 17.6 Å². The van der Waals surface area contributed by atoms with E-state index in [2.05, 4.69) is 4.99 Å². The zero-order valence-electron chi connectivity index (χ0n) is 15.7. The fourth-order valence-electron chi connectivity index (χ4n) is 3.74. The number of amides is 1. The smallest absolute Gasteiger partial charge is 0.248 e. The van der Waals surface area contributed by atoms with Crippen LogP contribution in [0.4, 0.5) is 10.1 Å². The van der Waals surface area contributed by atoms with E-state index in [4.69, 9.17) is 0 Å². The maximum atomic E-state index is 13.8. The monoisotopic (exact) mass is 432 g/mol. The van der Waals surface area contributed by atoms with Gasteiger partial charge in [0.05, 0.1) is 17.5 Å². The molecule has 29 heavy (non-hydrogen) atoms. The van der Waals surface area contributed by atoms with Gasteiger partial charge in [-0.25, -0.2) is 12.8 Å². The number of hydrogen-bond acceptors (Lipinski definition) is 4. The Morgan fingerprint density at radius 1 is 1.14 bits per heavy atom. The Morgan fingerprint density at radius 3 is 2.69 bits per heavy atom. The molecule has 0 bridgehead atoms. The summed E-state index contributed by atoms with van der Waals surface area (Å²) in [6, 6.07) is 15.6. The third kappa shape index (κ3) is 4.70. The summed E-state index contributed by atoms with van der Waals surface area (Å²) >= 11 is 1.30. The Labute approximate surface area is 173 Å². The fraction of sp³-hybridized carbons (Fsp3) is 0.333. The van der Waals surface area contributed by atoms with Crippen LogP contribution in [-0.2, 0) is 21.1 Å². The molecule has 0 saturated carbocycles. The normalized spacial score (nSPS) is 24.0. The lowest BCUT2D eigenvalue weighted by Crippen LogP contribution is -2.37. The Balaban J connectivity index is 1.51. The molecule has 2 fully saturated rings. The molecule has 4 rings (SSSR count). The van der Waals surface area contributed by atoms with E-state index < -0.39 is 15.7 Å². The Hall–Kier alpha value is -2.19. The Kier molecular flexibility index (Phi) is 5.74. The van der Waals surface area contributed by atoms with E-state index in [0.717, 1.165) is 6.42 Å². The van der Waals surface area contributed by atoms with E-state index in [1.807, 2.05) is 30.3 Å². The number of benzene rings is 2. The molecule has 0 unspecified atom stereocenters. The van der Waals surface area contributed by atoms with Gasteiger partial charge in [-0.05, 0) is 36.6 Å². The van der Waals surface area contributed by atoms with Crippen molar-refractivity contribution in [2.24, 2.45) is 4.99 Å². The first kappa shape index (κ1) is 20.1. The molecule has 2 aliphatic heterocycles. The predicted molar refractivity (Wildman–Crippen MR) is 115 cm³/mol. The van der Waals surface area contributed by atoms with E-state index in [0.29, 0.717) is 23.7 Å². The molecule has 2 heterocycles. The van der Waals surface area contributed by atoms with E-state index >= 15 is 0 Å². The number of aryl methyl sites for hydroxylation is 1. The molecule has 2 aromatic carbocycles. The van der Waals surface area contributed by atoms with Crippen molar-refractivity contribution in [3.8, 4) is 0 Å². The van der Waals surface area contributed by atoms with Crippen molar-refractivity contribution in [1.29, 1.82) is 0 Å². The number of sulfone groups is 1. The molecule has 2 saturated heterocycles. The van der Waals surface area contributed by atoms with Gasteiger partial charge in [-0.2, -0.15) is 4.99 Å². The summed E-state index contributed by atoms with van der Waals surface area (Å²) in [7, 11) is -3.15. The van der Waals surface area contributed by atoms with Gasteiger partial charge in [0.2, 0.25) is 5.91 Å². The molecule has 8 heteroatoms. The summed E-state index contributed by atoms with van der Waals surface area (Å²) in [6.45, 7) is 0. The number of carbonyl (C=O) groups excluding carboxylic acids is 1. The highest BCUT2D eigenvalue weighted by Gasteiger charge is 2.49. The molecule has 0 N–H and O–H groups in total. The average molecular weight is 433 g/mol. The van der Waals surface area contributed by atoms with Crippen LogP contribution in [0.3, 0.4) is 0 Å². The van der Waals surface area contributed by atoms with E-state index in [1.165, 1.54) is 29.5 Å². The molecule has 1 amide bonds. The molecule has 0 radical (unpaired) electrons. The molecule has 5 nitrogen and oxygen atoms in total. The number of anilines is 1. The van der Waals surface area contributed by atoms with Crippen LogP contribution in [0.25, 0.3) is 0 Å². The van der Waals surface area contributed by atoms with E-state index in [9.17, 15) is 17.6 Å². The van der Waals surface area contributed by atoms with Crippen LogP contribution in [0.15, 0.2) is 59.6 Å². The van der Waals surface area contributed by atoms with Gasteiger partial charge in [-0.1, -0.05) is 48.2 Å². The standard InChI is InChI=1S/C21H21FN2O3S2/c22-16-9-5-10-17(12-16)24-18-13-29(26,27)14-19(18)28-21(24)23-20(25)11-4-8-15-6-2-1-3-7-15/h1-3,5-7,9-10,12,18-19H,4,8,11,13-14H2/t18-,19-/m1/s1. The second-order valence-corrected chi connectivity index (χ2v) is 10.6. The van der Waals surface area contributed by atoms with Gasteiger partial charge < -0.3 is 4.90 Å². The van der Waals surface area contributed by atoms with Crippen LogP contribution in [-0.4, -0.2) is 42.3 Å². The zero-order valence-corrected chi connectivity index (χ0v) is 17.3. The van der Waals surface area contributed by atoms with Crippen LogP contribution in [0.2, 0.25) is 0 Å². The summed E-state index contributed by atoms with van der Waals surface area (Å²) < 4.78 is 37.9. The van der Waals surface area contributed by atoms with Crippen LogP contribution in [0.1, 0.15) is 18.4 Å². The fourth-order valence-corrected chi connectivity index (χ4v) is 7.67. The Morgan fingerprint density at radius 2 is 1.93 bits per heavy atom. The maximum Gasteiger partial charge on any atom is 0.248 e. The number of aliphatic imine (C=N–C) groups is 1. The molecule has 2 aliphatic rings. The number of fused-ring (bicyclic) bond motifs is 1. The predicted octanol–water partition coefficient (Wildman–Crippen LogP) is 3.45. The second kappa shape index (κ2) is 8.28. The van der Waals surface area contributed by atoms with Crippen LogP contribution in [0.5, 0.6) is 0 Å². The lowest BCUT2D eigenvalue weighted by Gasteiger charge is -2.24. The highest BCUT2D eigenvalue weighted by molar-refractivity contribution is 8.16. The van der Waals surface area contributed by atoms with Crippen molar-refractivity contribution in [1.82, 2.24) is 0 Å². The number of amidine groups is 1. The summed E-state index contributed by atoms with van der Waals surface area (Å²) in [5.41, 5.74) is 1.70. The molecular formula is C21H21FN2O3S2. The van der Waals surface area contributed by atoms with Gasteiger partial charge in [0.1, 0.15) is 5.82 Å². The van der Waals surface area contributed by atoms with Crippen LogP contribution >= 0.6 is 11.8 Å². The number of rotatable bonds is 5. The van der Waals surface area contributed by atoms with E-state index in [-0.39, 0.29) is 28.7 Å². The van der Waals surface area contributed by atoms with Gasteiger partial charge in [0.15, 0.2) is 15.0 Å². The first-order valence-electron chi connectivity index (χ1n) is 9.49. The minimum Gasteiger partial charge on any atom is -0.315 e. The van der Waals surface area contributed by atoms with Crippen molar-refractivity contribution in [3.63, 3.8) is 0 Å². The van der Waals surface area contributed by atoms with Crippen LogP contribution in [0, 0.1) is 5.82 Å². The van der Waals surface area contributed by atoms with Crippen molar-refractivity contribution in [2.45, 2.75) is 30.6 Å². The summed E-state index contributed by atoms with van der Waals surface area (Å²) in [5, 5.41) is 0.268. The maximum absolute atomic E-state index is 13.8. The molecule has 2 atom stereocenters.